The Morgan fingerprint density at radius 1 is 0.974 bits per heavy atom. The third-order valence-electron chi connectivity index (χ3n) is 6.29. The fraction of sp³-hybridized carbons (Fsp3) is 0.880. The molecule has 1 fully saturated rings. The largest absolute Gasteiger partial charge is 0.508 e. The number of hydrogen-bond donors (Lipinski definition) is 1. The highest BCUT2D eigenvalue weighted by Gasteiger charge is 2.34. The van der Waals surface area contributed by atoms with Crippen molar-refractivity contribution in [1.29, 1.82) is 0 Å². The standard InChI is InChI=1S/C25H44O13/c1-24(2,37-13-20(11-30-5)35-17-27)21(28)14-32-9-18(7-8-19-12-34-23(29)38-19)10-36-25(3,4)22(31-6)15-33-16-26/h16-22,28H,7-15H2,1-6H3. The van der Waals surface area contributed by atoms with Crippen molar-refractivity contribution in [2.24, 2.45) is 5.92 Å². The van der Waals surface area contributed by atoms with Crippen LogP contribution in [0.3, 0.4) is 0 Å². The van der Waals surface area contributed by atoms with Crippen LogP contribution in [0.15, 0.2) is 0 Å². The van der Waals surface area contributed by atoms with Crippen molar-refractivity contribution in [3.05, 3.63) is 0 Å². The zero-order chi connectivity index (χ0) is 28.6. The second-order valence-electron chi connectivity index (χ2n) is 10.1. The lowest BCUT2D eigenvalue weighted by molar-refractivity contribution is -0.165. The number of cyclic esters (lactones) is 2. The van der Waals surface area contributed by atoms with E-state index in [2.05, 4.69) is 0 Å². The molecule has 5 atom stereocenters. The van der Waals surface area contributed by atoms with E-state index in [0.29, 0.717) is 25.8 Å². The molecule has 0 aromatic carbocycles. The number of aliphatic hydroxyl groups excluding tert-OH is 1. The molecule has 0 spiro atoms. The summed E-state index contributed by atoms with van der Waals surface area (Å²) in [6.45, 7) is 8.66. The van der Waals surface area contributed by atoms with Crippen molar-refractivity contribution in [3.63, 3.8) is 0 Å². The van der Waals surface area contributed by atoms with E-state index in [4.69, 9.17) is 42.6 Å². The Balaban J connectivity index is 2.67. The zero-order valence-corrected chi connectivity index (χ0v) is 23.3. The van der Waals surface area contributed by atoms with Gasteiger partial charge in [-0.15, -0.1) is 0 Å². The molecule has 1 saturated heterocycles. The van der Waals surface area contributed by atoms with E-state index >= 15 is 0 Å². The summed E-state index contributed by atoms with van der Waals surface area (Å²) in [5, 5.41) is 10.7. The van der Waals surface area contributed by atoms with Crippen LogP contribution in [-0.4, -0.2) is 120 Å². The molecule has 1 aliphatic rings. The summed E-state index contributed by atoms with van der Waals surface area (Å²) in [5.74, 6) is -0.124. The highest BCUT2D eigenvalue weighted by Crippen LogP contribution is 2.23. The number of rotatable bonds is 23. The van der Waals surface area contributed by atoms with E-state index in [-0.39, 0.29) is 58.3 Å². The fourth-order valence-electron chi connectivity index (χ4n) is 3.59. The quantitative estimate of drug-likeness (QED) is 0.110. The van der Waals surface area contributed by atoms with Gasteiger partial charge in [-0.25, -0.2) is 4.79 Å². The molecule has 0 aromatic heterocycles. The molecule has 1 aliphatic heterocycles. The smallest absolute Gasteiger partial charge is 0.465 e. The summed E-state index contributed by atoms with van der Waals surface area (Å²) in [7, 11) is 2.99. The minimum atomic E-state index is -0.994. The maximum Gasteiger partial charge on any atom is 0.508 e. The van der Waals surface area contributed by atoms with E-state index < -0.39 is 35.7 Å². The number of ether oxygens (including phenoxy) is 9. The molecule has 5 unspecified atom stereocenters. The van der Waals surface area contributed by atoms with Crippen molar-refractivity contribution in [2.45, 2.75) is 76.2 Å². The lowest BCUT2D eigenvalue weighted by Crippen LogP contribution is -2.45. The minimum Gasteiger partial charge on any atom is -0.465 e. The van der Waals surface area contributed by atoms with Gasteiger partial charge in [-0.05, 0) is 40.5 Å². The van der Waals surface area contributed by atoms with Gasteiger partial charge in [-0.1, -0.05) is 0 Å². The number of hydrogen-bond acceptors (Lipinski definition) is 13. The van der Waals surface area contributed by atoms with Gasteiger partial charge < -0.3 is 47.7 Å². The first-order valence-corrected chi connectivity index (χ1v) is 12.5. The van der Waals surface area contributed by atoms with E-state index in [0.717, 1.165) is 0 Å². The lowest BCUT2D eigenvalue weighted by Gasteiger charge is -2.34. The highest BCUT2D eigenvalue weighted by atomic mass is 16.8. The number of methoxy groups -OCH3 is 2. The Hall–Kier alpha value is -2.03. The molecule has 0 amide bonds. The van der Waals surface area contributed by atoms with E-state index in [1.54, 1.807) is 13.8 Å². The molecule has 38 heavy (non-hydrogen) atoms. The van der Waals surface area contributed by atoms with E-state index in [1.165, 1.54) is 14.2 Å². The van der Waals surface area contributed by atoms with Crippen LogP contribution in [0.25, 0.3) is 0 Å². The summed E-state index contributed by atoms with van der Waals surface area (Å²) < 4.78 is 47.9. The van der Waals surface area contributed by atoms with Crippen molar-refractivity contribution in [3.8, 4) is 0 Å². The van der Waals surface area contributed by atoms with Crippen LogP contribution in [-0.2, 0) is 52.2 Å². The van der Waals surface area contributed by atoms with Gasteiger partial charge >= 0.3 is 6.16 Å². The molecular weight excluding hydrogens is 508 g/mol. The lowest BCUT2D eigenvalue weighted by atomic mass is 9.99. The van der Waals surface area contributed by atoms with Gasteiger partial charge in [-0.3, -0.25) is 9.59 Å². The van der Waals surface area contributed by atoms with Crippen LogP contribution in [0, 0.1) is 5.92 Å². The Morgan fingerprint density at radius 2 is 1.68 bits per heavy atom. The van der Waals surface area contributed by atoms with E-state index in [1.807, 2.05) is 13.8 Å². The maximum atomic E-state index is 11.2. The van der Waals surface area contributed by atoms with Crippen molar-refractivity contribution in [2.75, 3.05) is 60.5 Å². The molecule has 1 N–H and O–H groups in total. The van der Waals surface area contributed by atoms with Gasteiger partial charge in [0.05, 0.1) is 44.2 Å². The molecule has 0 saturated carbocycles. The normalized spacial score (nSPS) is 19.1. The van der Waals surface area contributed by atoms with Gasteiger partial charge in [0.1, 0.15) is 37.6 Å². The summed E-state index contributed by atoms with van der Waals surface area (Å²) in [6.07, 6.45) is -1.98. The first kappa shape index (κ1) is 34.0. The predicted octanol–water partition coefficient (Wildman–Crippen LogP) is 1.26. The predicted molar refractivity (Wildman–Crippen MR) is 131 cm³/mol. The second kappa shape index (κ2) is 17.5. The summed E-state index contributed by atoms with van der Waals surface area (Å²) >= 11 is 0. The van der Waals surface area contributed by atoms with Crippen LogP contribution < -0.4 is 0 Å². The van der Waals surface area contributed by atoms with E-state index in [9.17, 15) is 19.5 Å². The van der Waals surface area contributed by atoms with Gasteiger partial charge in [0.15, 0.2) is 0 Å². The Kier molecular flexibility index (Phi) is 15.7. The molecular formula is C25H44O13. The third-order valence-corrected chi connectivity index (χ3v) is 6.29. The average molecular weight is 553 g/mol. The van der Waals surface area contributed by atoms with Crippen LogP contribution in [0.1, 0.15) is 40.5 Å². The molecule has 0 aromatic rings. The van der Waals surface area contributed by atoms with Crippen LogP contribution >= 0.6 is 0 Å². The Morgan fingerprint density at radius 3 is 2.26 bits per heavy atom. The van der Waals surface area contributed by atoms with Gasteiger partial charge in [0.25, 0.3) is 12.9 Å². The second-order valence-corrected chi connectivity index (χ2v) is 10.1. The zero-order valence-electron chi connectivity index (χ0n) is 23.3. The van der Waals surface area contributed by atoms with Crippen LogP contribution in [0.5, 0.6) is 0 Å². The SMILES string of the molecule is COCC(COC(C)(C)C(O)COCC(CCC1COC(=O)O1)COC(C)(C)C(COC=O)OC)OC=O. The third kappa shape index (κ3) is 12.7. The minimum absolute atomic E-state index is 0.0221. The van der Waals surface area contributed by atoms with Crippen molar-refractivity contribution < 1.29 is 62.1 Å². The van der Waals surface area contributed by atoms with Gasteiger partial charge in [0.2, 0.25) is 0 Å². The molecule has 0 bridgehead atoms. The number of carbonyl (C=O) groups excluding carboxylic acids is 3. The summed E-state index contributed by atoms with van der Waals surface area (Å²) in [5.41, 5.74) is -1.78. The van der Waals surface area contributed by atoms with Crippen LogP contribution in [0.2, 0.25) is 0 Å². The summed E-state index contributed by atoms with van der Waals surface area (Å²) in [4.78, 5) is 32.5. The van der Waals surface area contributed by atoms with Crippen LogP contribution in [0.4, 0.5) is 4.79 Å². The van der Waals surface area contributed by atoms with Crippen molar-refractivity contribution in [1.82, 2.24) is 0 Å². The topological polar surface area (TPSA) is 155 Å². The van der Waals surface area contributed by atoms with Gasteiger partial charge in [0, 0.05) is 20.1 Å². The molecule has 1 heterocycles. The first-order valence-electron chi connectivity index (χ1n) is 12.5. The van der Waals surface area contributed by atoms with Crippen molar-refractivity contribution >= 4 is 19.1 Å². The number of aliphatic hydroxyl groups is 1. The molecule has 1 rings (SSSR count). The Bertz CT molecular complexity index is 684. The Labute approximate surface area is 224 Å². The molecule has 222 valence electrons. The van der Waals surface area contributed by atoms with Gasteiger partial charge in [-0.2, -0.15) is 0 Å². The average Bonchev–Trinajstić information content (AvgIpc) is 3.29. The maximum absolute atomic E-state index is 11.2. The molecule has 13 heteroatoms. The molecule has 13 nitrogen and oxygen atoms in total. The molecule has 0 radical (unpaired) electrons. The first-order chi connectivity index (χ1) is 18.0. The summed E-state index contributed by atoms with van der Waals surface area (Å²) in [6, 6.07) is 0. The highest BCUT2D eigenvalue weighted by molar-refractivity contribution is 5.61. The number of carbonyl (C=O) groups is 3. The fourth-order valence-corrected chi connectivity index (χ4v) is 3.59. The monoisotopic (exact) mass is 552 g/mol. The molecule has 0 aliphatic carbocycles.